The highest BCUT2D eigenvalue weighted by Gasteiger charge is 2.22. The van der Waals surface area contributed by atoms with Crippen LogP contribution in [-0.2, 0) is 11.2 Å². The molecule has 3 heteroatoms. The van der Waals surface area contributed by atoms with Gasteiger partial charge >= 0.3 is 5.97 Å². The van der Waals surface area contributed by atoms with Crippen molar-refractivity contribution in [3.8, 4) is 6.07 Å². The Kier molecular flexibility index (Phi) is 2.26. The number of hydrogen-bond acceptors (Lipinski definition) is 2. The average molecular weight is 199 g/mol. The summed E-state index contributed by atoms with van der Waals surface area (Å²) >= 11 is 0. The van der Waals surface area contributed by atoms with E-state index in [4.69, 9.17) is 10.4 Å². The predicted octanol–water partition coefficient (Wildman–Crippen LogP) is 1.99. The van der Waals surface area contributed by atoms with Crippen molar-refractivity contribution < 1.29 is 9.90 Å². The maximum Gasteiger partial charge on any atom is 0.346 e. The number of aryl methyl sites for hydroxylation is 1. The fraction of sp³-hybridized carbons (Fsp3) is 0.167. The third kappa shape index (κ3) is 1.50. The number of carboxylic acid groups (broad SMARTS) is 1. The van der Waals surface area contributed by atoms with Crippen LogP contribution in [0.4, 0.5) is 0 Å². The van der Waals surface area contributed by atoms with Crippen molar-refractivity contribution in [1.82, 2.24) is 0 Å². The third-order valence-corrected chi connectivity index (χ3v) is 2.61. The molecule has 2 rings (SSSR count). The maximum atomic E-state index is 10.8. The Morgan fingerprint density at radius 2 is 2.07 bits per heavy atom. The molecule has 0 aromatic heterocycles. The molecule has 1 aliphatic rings. The second-order valence-electron chi connectivity index (χ2n) is 3.43. The summed E-state index contributed by atoms with van der Waals surface area (Å²) in [6.45, 7) is 0. The Morgan fingerprint density at radius 1 is 1.33 bits per heavy atom. The molecule has 1 aromatic carbocycles. The van der Waals surface area contributed by atoms with Gasteiger partial charge in [0.2, 0.25) is 0 Å². The van der Waals surface area contributed by atoms with Gasteiger partial charge in [-0.2, -0.15) is 5.26 Å². The molecule has 0 fully saturated rings. The number of carboxylic acids is 1. The van der Waals surface area contributed by atoms with E-state index in [2.05, 4.69) is 0 Å². The summed E-state index contributed by atoms with van der Waals surface area (Å²) in [7, 11) is 0. The summed E-state index contributed by atoms with van der Waals surface area (Å²) in [4.78, 5) is 10.8. The van der Waals surface area contributed by atoms with Crippen molar-refractivity contribution in [3.63, 3.8) is 0 Å². The minimum Gasteiger partial charge on any atom is -0.477 e. The Labute approximate surface area is 87.3 Å². The molecular formula is C12H9NO2. The monoisotopic (exact) mass is 199 g/mol. The molecule has 0 radical (unpaired) electrons. The smallest absolute Gasteiger partial charge is 0.346 e. The van der Waals surface area contributed by atoms with Gasteiger partial charge in [0.05, 0.1) is 0 Å². The van der Waals surface area contributed by atoms with Crippen LogP contribution in [0.25, 0.3) is 5.57 Å². The van der Waals surface area contributed by atoms with Crippen LogP contribution in [0.2, 0.25) is 0 Å². The van der Waals surface area contributed by atoms with Crippen molar-refractivity contribution in [2.45, 2.75) is 12.8 Å². The van der Waals surface area contributed by atoms with E-state index in [0.717, 1.165) is 17.5 Å². The highest BCUT2D eigenvalue weighted by atomic mass is 16.4. The molecule has 0 bridgehead atoms. The number of benzene rings is 1. The molecule has 3 nitrogen and oxygen atoms in total. The van der Waals surface area contributed by atoms with Crippen molar-refractivity contribution in [2.24, 2.45) is 0 Å². The number of carbonyl (C=O) groups is 1. The topological polar surface area (TPSA) is 61.1 Å². The van der Waals surface area contributed by atoms with Crippen molar-refractivity contribution in [3.05, 3.63) is 41.0 Å². The fourth-order valence-corrected chi connectivity index (χ4v) is 1.93. The lowest BCUT2D eigenvalue weighted by Crippen LogP contribution is -2.00. The molecule has 0 unspecified atom stereocenters. The van der Waals surface area contributed by atoms with E-state index < -0.39 is 5.97 Å². The Morgan fingerprint density at radius 3 is 2.73 bits per heavy atom. The van der Waals surface area contributed by atoms with Gasteiger partial charge in [0, 0.05) is 0 Å². The summed E-state index contributed by atoms with van der Waals surface area (Å²) in [5.74, 6) is -1.13. The van der Waals surface area contributed by atoms with Crippen LogP contribution in [0.15, 0.2) is 29.8 Å². The van der Waals surface area contributed by atoms with Crippen LogP contribution in [0.1, 0.15) is 17.5 Å². The van der Waals surface area contributed by atoms with E-state index in [-0.39, 0.29) is 5.57 Å². The van der Waals surface area contributed by atoms with E-state index >= 15 is 0 Å². The zero-order valence-electron chi connectivity index (χ0n) is 8.03. The third-order valence-electron chi connectivity index (χ3n) is 2.61. The number of aliphatic carboxylic acids is 1. The molecule has 0 atom stereocenters. The number of nitrogens with zero attached hydrogens (tertiary/aromatic N) is 1. The van der Waals surface area contributed by atoms with Crippen LogP contribution in [0.3, 0.4) is 0 Å². The van der Waals surface area contributed by atoms with E-state index in [0.29, 0.717) is 12.0 Å². The SMILES string of the molecule is N#C/C(C(=O)O)=C1/CCc2ccccc21. The molecule has 1 aliphatic carbocycles. The number of rotatable bonds is 1. The number of nitriles is 1. The van der Waals surface area contributed by atoms with Crippen molar-refractivity contribution in [1.29, 1.82) is 5.26 Å². The van der Waals surface area contributed by atoms with Gasteiger partial charge in [-0.3, -0.25) is 0 Å². The largest absolute Gasteiger partial charge is 0.477 e. The van der Waals surface area contributed by atoms with E-state index in [1.54, 1.807) is 6.07 Å². The van der Waals surface area contributed by atoms with Gasteiger partial charge in [0.15, 0.2) is 0 Å². The zero-order chi connectivity index (χ0) is 10.8. The van der Waals surface area contributed by atoms with Gasteiger partial charge in [-0.25, -0.2) is 4.79 Å². The molecule has 0 spiro atoms. The Balaban J connectivity index is 2.61. The number of fused-ring (bicyclic) bond motifs is 1. The highest BCUT2D eigenvalue weighted by molar-refractivity contribution is 6.01. The van der Waals surface area contributed by atoms with Crippen LogP contribution < -0.4 is 0 Å². The summed E-state index contributed by atoms with van der Waals surface area (Å²) < 4.78 is 0. The standard InChI is InChI=1S/C12H9NO2/c13-7-11(12(14)15)10-6-5-8-3-1-2-4-9(8)10/h1-4H,5-6H2,(H,14,15)/b11-10+. The first kappa shape index (κ1) is 9.47. The molecule has 15 heavy (non-hydrogen) atoms. The lowest BCUT2D eigenvalue weighted by Gasteiger charge is -2.01. The van der Waals surface area contributed by atoms with Crippen LogP contribution in [0, 0.1) is 11.3 Å². The molecule has 0 saturated carbocycles. The van der Waals surface area contributed by atoms with Crippen LogP contribution in [0.5, 0.6) is 0 Å². The van der Waals surface area contributed by atoms with E-state index in [9.17, 15) is 4.79 Å². The molecule has 0 amide bonds. The average Bonchev–Trinajstić information content (AvgIpc) is 2.63. The van der Waals surface area contributed by atoms with Crippen molar-refractivity contribution >= 4 is 11.5 Å². The molecule has 74 valence electrons. The van der Waals surface area contributed by atoms with Crippen LogP contribution >= 0.6 is 0 Å². The minimum absolute atomic E-state index is 0.125. The first-order valence-electron chi connectivity index (χ1n) is 4.69. The normalized spacial score (nSPS) is 16.7. The van der Waals surface area contributed by atoms with Gasteiger partial charge in [0.25, 0.3) is 0 Å². The summed E-state index contributed by atoms with van der Waals surface area (Å²) in [6, 6.07) is 9.40. The minimum atomic E-state index is -1.13. The lowest BCUT2D eigenvalue weighted by molar-refractivity contribution is -0.132. The molecule has 1 aromatic rings. The van der Waals surface area contributed by atoms with Gasteiger partial charge < -0.3 is 5.11 Å². The first-order chi connectivity index (χ1) is 7.24. The van der Waals surface area contributed by atoms with Gasteiger partial charge in [-0.1, -0.05) is 24.3 Å². The van der Waals surface area contributed by atoms with E-state index in [1.165, 1.54) is 0 Å². The second kappa shape index (κ2) is 3.58. The Hall–Kier alpha value is -2.08. The fourth-order valence-electron chi connectivity index (χ4n) is 1.93. The molecular weight excluding hydrogens is 190 g/mol. The quantitative estimate of drug-likeness (QED) is 0.555. The van der Waals surface area contributed by atoms with Gasteiger partial charge in [-0.05, 0) is 29.5 Å². The lowest BCUT2D eigenvalue weighted by atomic mass is 10.0. The maximum absolute atomic E-state index is 10.8. The highest BCUT2D eigenvalue weighted by Crippen LogP contribution is 2.34. The Bertz CT molecular complexity index is 495. The molecule has 0 saturated heterocycles. The van der Waals surface area contributed by atoms with Crippen molar-refractivity contribution in [2.75, 3.05) is 0 Å². The van der Waals surface area contributed by atoms with E-state index in [1.807, 2.05) is 24.3 Å². The summed E-state index contributed by atoms with van der Waals surface area (Å²) in [5, 5.41) is 17.7. The van der Waals surface area contributed by atoms with Gasteiger partial charge in [0.1, 0.15) is 11.6 Å². The van der Waals surface area contributed by atoms with Crippen LogP contribution in [-0.4, -0.2) is 11.1 Å². The van der Waals surface area contributed by atoms with Gasteiger partial charge in [-0.15, -0.1) is 0 Å². The first-order valence-corrected chi connectivity index (χ1v) is 4.69. The zero-order valence-corrected chi connectivity index (χ0v) is 8.03. The summed E-state index contributed by atoms with van der Waals surface area (Å²) in [5.41, 5.74) is 2.58. The molecule has 0 heterocycles. The predicted molar refractivity (Wildman–Crippen MR) is 54.9 cm³/mol. The number of hydrogen-bond donors (Lipinski definition) is 1. The summed E-state index contributed by atoms with van der Waals surface area (Å²) in [6.07, 6.45) is 1.47. The second-order valence-corrected chi connectivity index (χ2v) is 3.43. The number of allylic oxidation sites excluding steroid dienone is 1. The molecule has 0 aliphatic heterocycles. The molecule has 1 N–H and O–H groups in total.